The molecule has 1 saturated heterocycles. The van der Waals surface area contributed by atoms with E-state index in [-0.39, 0.29) is 5.91 Å². The van der Waals surface area contributed by atoms with Crippen LogP contribution in [0.5, 0.6) is 0 Å². The van der Waals surface area contributed by atoms with E-state index in [0.717, 1.165) is 11.9 Å². The Labute approximate surface area is 138 Å². The fourth-order valence-corrected chi connectivity index (χ4v) is 2.84. The van der Waals surface area contributed by atoms with Crippen LogP contribution in [0.25, 0.3) is 0 Å². The maximum Gasteiger partial charge on any atom is 0.223 e. The summed E-state index contributed by atoms with van der Waals surface area (Å²) >= 11 is 0. The number of carbonyl (C=O) groups is 1. The van der Waals surface area contributed by atoms with Crippen molar-refractivity contribution in [3.63, 3.8) is 0 Å². The number of halogens is 2. The van der Waals surface area contributed by atoms with E-state index in [0.29, 0.717) is 44.7 Å². The van der Waals surface area contributed by atoms with Gasteiger partial charge in [-0.1, -0.05) is 0 Å². The number of carbonyl (C=O) groups excluding carboxylic acids is 1. The summed E-state index contributed by atoms with van der Waals surface area (Å²) in [6.45, 7) is 2.10. The van der Waals surface area contributed by atoms with Crippen molar-refractivity contribution >= 4 is 11.6 Å². The summed E-state index contributed by atoms with van der Waals surface area (Å²) in [6.07, 6.45) is 2.52. The summed E-state index contributed by atoms with van der Waals surface area (Å²) in [5.74, 6) is -0.335. The van der Waals surface area contributed by atoms with Gasteiger partial charge in [-0.3, -0.25) is 4.79 Å². The Bertz CT molecular complexity index is 725. The summed E-state index contributed by atoms with van der Waals surface area (Å²) in [5.41, 5.74) is 0.377. The van der Waals surface area contributed by atoms with Crippen LogP contribution < -0.4 is 4.90 Å². The Morgan fingerprint density at radius 2 is 1.96 bits per heavy atom. The second-order valence-corrected chi connectivity index (χ2v) is 5.82. The van der Waals surface area contributed by atoms with Gasteiger partial charge in [0, 0.05) is 52.1 Å². The number of rotatable bonds is 4. The van der Waals surface area contributed by atoms with E-state index in [1.807, 2.05) is 11.9 Å². The molecule has 0 spiro atoms. The standard InChI is InChI=1S/C16H19F2N5O/c1-21-11-19-20-15(21)4-5-16(24)23-8-6-22(7-9-23)14-3-2-12(17)10-13(14)18/h2-3,10-11H,4-9H2,1H3. The van der Waals surface area contributed by atoms with Gasteiger partial charge >= 0.3 is 0 Å². The molecular formula is C16H19F2N5O. The van der Waals surface area contributed by atoms with Crippen LogP contribution in [0, 0.1) is 11.6 Å². The van der Waals surface area contributed by atoms with Gasteiger partial charge in [-0.25, -0.2) is 8.78 Å². The zero-order valence-corrected chi connectivity index (χ0v) is 13.5. The minimum absolute atomic E-state index is 0.0530. The van der Waals surface area contributed by atoms with E-state index in [4.69, 9.17) is 0 Å². The molecule has 1 aromatic heterocycles. The van der Waals surface area contributed by atoms with Crippen LogP contribution in [-0.4, -0.2) is 51.8 Å². The number of aryl methyl sites for hydroxylation is 2. The van der Waals surface area contributed by atoms with Gasteiger partial charge in [-0.05, 0) is 12.1 Å². The van der Waals surface area contributed by atoms with Crippen LogP contribution in [0.15, 0.2) is 24.5 Å². The van der Waals surface area contributed by atoms with E-state index in [1.54, 1.807) is 15.8 Å². The summed E-state index contributed by atoms with van der Waals surface area (Å²) in [7, 11) is 1.84. The third-order valence-electron chi connectivity index (χ3n) is 4.25. The maximum absolute atomic E-state index is 13.8. The zero-order valence-electron chi connectivity index (χ0n) is 13.5. The number of amides is 1. The summed E-state index contributed by atoms with van der Waals surface area (Å²) in [4.78, 5) is 15.9. The molecule has 2 aromatic rings. The molecule has 1 amide bonds. The summed E-state index contributed by atoms with van der Waals surface area (Å²) in [5, 5.41) is 7.75. The first-order valence-electron chi connectivity index (χ1n) is 7.85. The van der Waals surface area contributed by atoms with Gasteiger partial charge in [-0.2, -0.15) is 0 Å². The quantitative estimate of drug-likeness (QED) is 0.847. The fraction of sp³-hybridized carbons (Fsp3) is 0.438. The first kappa shape index (κ1) is 16.4. The van der Waals surface area contributed by atoms with Crippen LogP contribution in [0.2, 0.25) is 0 Å². The molecule has 1 aliphatic rings. The lowest BCUT2D eigenvalue weighted by Gasteiger charge is -2.36. The highest BCUT2D eigenvalue weighted by atomic mass is 19.1. The van der Waals surface area contributed by atoms with Gasteiger partial charge in [0.25, 0.3) is 0 Å². The smallest absolute Gasteiger partial charge is 0.223 e. The monoisotopic (exact) mass is 335 g/mol. The largest absolute Gasteiger partial charge is 0.366 e. The lowest BCUT2D eigenvalue weighted by Crippen LogP contribution is -2.49. The highest BCUT2D eigenvalue weighted by Gasteiger charge is 2.23. The van der Waals surface area contributed by atoms with Gasteiger partial charge in [-0.15, -0.1) is 10.2 Å². The van der Waals surface area contributed by atoms with Crippen LogP contribution in [0.4, 0.5) is 14.5 Å². The van der Waals surface area contributed by atoms with Crippen LogP contribution >= 0.6 is 0 Å². The van der Waals surface area contributed by atoms with Crippen molar-refractivity contribution in [3.8, 4) is 0 Å². The molecule has 0 radical (unpaired) electrons. The Morgan fingerprint density at radius 1 is 1.21 bits per heavy atom. The number of nitrogens with zero attached hydrogens (tertiary/aromatic N) is 5. The molecule has 0 saturated carbocycles. The van der Waals surface area contributed by atoms with E-state index in [1.165, 1.54) is 12.1 Å². The van der Waals surface area contributed by atoms with Crippen molar-refractivity contribution in [2.45, 2.75) is 12.8 Å². The Hall–Kier alpha value is -2.51. The average molecular weight is 335 g/mol. The van der Waals surface area contributed by atoms with E-state index in [9.17, 15) is 13.6 Å². The second kappa shape index (κ2) is 6.94. The summed E-state index contributed by atoms with van der Waals surface area (Å²) in [6, 6.07) is 3.57. The zero-order chi connectivity index (χ0) is 17.1. The molecule has 0 aliphatic carbocycles. The first-order valence-corrected chi connectivity index (χ1v) is 7.85. The normalized spacial score (nSPS) is 15.0. The van der Waals surface area contributed by atoms with E-state index >= 15 is 0 Å². The lowest BCUT2D eigenvalue weighted by atomic mass is 10.2. The third-order valence-corrected chi connectivity index (χ3v) is 4.25. The topological polar surface area (TPSA) is 54.3 Å². The van der Waals surface area contributed by atoms with Crippen molar-refractivity contribution in [2.24, 2.45) is 7.05 Å². The Kier molecular flexibility index (Phi) is 4.73. The van der Waals surface area contributed by atoms with Crippen molar-refractivity contribution < 1.29 is 13.6 Å². The number of aromatic nitrogens is 3. The minimum atomic E-state index is -0.589. The fourth-order valence-electron chi connectivity index (χ4n) is 2.84. The molecule has 0 bridgehead atoms. The molecule has 0 N–H and O–H groups in total. The highest BCUT2D eigenvalue weighted by Crippen LogP contribution is 2.21. The van der Waals surface area contributed by atoms with Gasteiger partial charge in [0.1, 0.15) is 23.8 Å². The van der Waals surface area contributed by atoms with Crippen molar-refractivity contribution in [3.05, 3.63) is 42.0 Å². The molecule has 6 nitrogen and oxygen atoms in total. The molecule has 2 heterocycles. The number of anilines is 1. The number of hydrogen-bond acceptors (Lipinski definition) is 4. The molecule has 1 aromatic carbocycles. The SMILES string of the molecule is Cn1cnnc1CCC(=O)N1CCN(c2ccc(F)cc2F)CC1. The molecule has 24 heavy (non-hydrogen) atoms. The van der Waals surface area contributed by atoms with Crippen molar-refractivity contribution in [1.29, 1.82) is 0 Å². The van der Waals surface area contributed by atoms with Crippen molar-refractivity contribution in [1.82, 2.24) is 19.7 Å². The van der Waals surface area contributed by atoms with Gasteiger partial charge < -0.3 is 14.4 Å². The predicted molar refractivity (Wildman–Crippen MR) is 84.5 cm³/mol. The molecule has 0 atom stereocenters. The van der Waals surface area contributed by atoms with Gasteiger partial charge in [0.05, 0.1) is 5.69 Å². The number of benzene rings is 1. The Balaban J connectivity index is 1.53. The molecule has 8 heteroatoms. The molecule has 0 unspecified atom stereocenters. The van der Waals surface area contributed by atoms with Crippen LogP contribution in [0.3, 0.4) is 0 Å². The molecule has 128 valence electrons. The van der Waals surface area contributed by atoms with Crippen molar-refractivity contribution in [2.75, 3.05) is 31.1 Å². The van der Waals surface area contributed by atoms with Gasteiger partial charge in [0.15, 0.2) is 0 Å². The molecule has 3 rings (SSSR count). The van der Waals surface area contributed by atoms with Crippen LogP contribution in [-0.2, 0) is 18.3 Å². The maximum atomic E-state index is 13.8. The molecular weight excluding hydrogens is 316 g/mol. The molecule has 1 fully saturated rings. The number of piperazine rings is 1. The predicted octanol–water partition coefficient (Wildman–Crippen LogP) is 1.37. The third kappa shape index (κ3) is 3.52. The first-order chi connectivity index (χ1) is 11.5. The van der Waals surface area contributed by atoms with E-state index < -0.39 is 11.6 Å². The average Bonchev–Trinajstić information content (AvgIpc) is 2.98. The number of hydrogen-bond donors (Lipinski definition) is 0. The molecule has 1 aliphatic heterocycles. The van der Waals surface area contributed by atoms with Gasteiger partial charge in [0.2, 0.25) is 5.91 Å². The second-order valence-electron chi connectivity index (χ2n) is 5.82. The Morgan fingerprint density at radius 3 is 2.58 bits per heavy atom. The minimum Gasteiger partial charge on any atom is -0.366 e. The van der Waals surface area contributed by atoms with E-state index in [2.05, 4.69) is 10.2 Å². The lowest BCUT2D eigenvalue weighted by molar-refractivity contribution is -0.131. The van der Waals surface area contributed by atoms with Crippen LogP contribution in [0.1, 0.15) is 12.2 Å². The highest BCUT2D eigenvalue weighted by molar-refractivity contribution is 5.76. The summed E-state index contributed by atoms with van der Waals surface area (Å²) < 4.78 is 28.6.